The minimum Gasteiger partial charge on any atom is -0.496 e. The lowest BCUT2D eigenvalue weighted by molar-refractivity contribution is 0.104. The molecule has 0 heterocycles. The third-order valence-corrected chi connectivity index (χ3v) is 6.19. The summed E-state index contributed by atoms with van der Waals surface area (Å²) in [6.45, 7) is 15.3. The molecule has 0 fully saturated rings. The van der Waals surface area contributed by atoms with E-state index >= 15 is 0 Å². The van der Waals surface area contributed by atoms with Crippen molar-refractivity contribution in [3.05, 3.63) is 41.5 Å². The minimum absolute atomic E-state index is 0.0170. The molecule has 0 saturated carbocycles. The first kappa shape index (κ1) is 24.1. The van der Waals surface area contributed by atoms with E-state index in [-0.39, 0.29) is 5.78 Å². The van der Waals surface area contributed by atoms with Gasteiger partial charge in [-0.3, -0.25) is 4.79 Å². The SMILES string of the molecule is CCN(CC)CCOc1cc(OC)c2c(c1)C(=O)c1cccc(OCCN(CC)CC)c1-2. The molecule has 1 aliphatic carbocycles. The van der Waals surface area contributed by atoms with Gasteiger partial charge in [-0.05, 0) is 38.3 Å². The van der Waals surface area contributed by atoms with Crippen LogP contribution in [0.1, 0.15) is 43.6 Å². The number of rotatable bonds is 13. The molecule has 2 aromatic rings. The van der Waals surface area contributed by atoms with Crippen LogP contribution in [0.25, 0.3) is 11.1 Å². The van der Waals surface area contributed by atoms with Crippen molar-refractivity contribution in [3.8, 4) is 28.4 Å². The molecule has 6 nitrogen and oxygen atoms in total. The van der Waals surface area contributed by atoms with Crippen LogP contribution in [0.4, 0.5) is 0 Å². The van der Waals surface area contributed by atoms with Crippen molar-refractivity contribution < 1.29 is 19.0 Å². The van der Waals surface area contributed by atoms with E-state index in [1.165, 1.54) is 0 Å². The highest BCUT2D eigenvalue weighted by atomic mass is 16.5. The number of carbonyl (C=O) groups excluding carboxylic acids is 1. The fourth-order valence-electron chi connectivity index (χ4n) is 4.17. The standard InChI is InChI=1S/C26H36N2O4/c1-6-27(7-2)13-15-31-19-17-21-25(23(18-19)30-5)24-20(26(21)29)11-10-12-22(24)32-16-14-28(8-3)9-4/h10-12,17-18H,6-9,13-16H2,1-5H3. The molecular formula is C26H36N2O4. The first-order chi connectivity index (χ1) is 15.6. The predicted molar refractivity (Wildman–Crippen MR) is 128 cm³/mol. The monoisotopic (exact) mass is 440 g/mol. The highest BCUT2D eigenvalue weighted by Gasteiger charge is 2.33. The Morgan fingerprint density at radius 3 is 1.94 bits per heavy atom. The maximum Gasteiger partial charge on any atom is 0.194 e. The fourth-order valence-corrected chi connectivity index (χ4v) is 4.17. The summed E-state index contributed by atoms with van der Waals surface area (Å²) in [7, 11) is 1.63. The molecule has 0 N–H and O–H groups in total. The predicted octanol–water partition coefficient (Wildman–Crippen LogP) is 4.35. The zero-order valence-corrected chi connectivity index (χ0v) is 20.1. The van der Waals surface area contributed by atoms with Gasteiger partial charge in [-0.25, -0.2) is 0 Å². The van der Waals surface area contributed by atoms with E-state index in [1.54, 1.807) is 7.11 Å². The maximum atomic E-state index is 13.2. The number of ketones is 1. The van der Waals surface area contributed by atoms with Crippen molar-refractivity contribution >= 4 is 5.78 Å². The summed E-state index contributed by atoms with van der Waals surface area (Å²) in [5.74, 6) is 1.98. The van der Waals surface area contributed by atoms with Gasteiger partial charge in [-0.15, -0.1) is 0 Å². The Balaban J connectivity index is 1.86. The average molecular weight is 441 g/mol. The summed E-state index contributed by atoms with van der Waals surface area (Å²) in [5.41, 5.74) is 2.87. The zero-order chi connectivity index (χ0) is 23.1. The first-order valence-corrected chi connectivity index (χ1v) is 11.7. The second kappa shape index (κ2) is 11.3. The number of methoxy groups -OCH3 is 1. The molecule has 0 atom stereocenters. The van der Waals surface area contributed by atoms with Gasteiger partial charge in [0, 0.05) is 41.4 Å². The number of benzene rings is 2. The molecule has 6 heteroatoms. The van der Waals surface area contributed by atoms with Crippen LogP contribution in [0.5, 0.6) is 17.2 Å². The minimum atomic E-state index is -0.0170. The zero-order valence-electron chi connectivity index (χ0n) is 20.1. The second-order valence-corrected chi connectivity index (χ2v) is 7.81. The van der Waals surface area contributed by atoms with Crippen molar-refractivity contribution in [3.63, 3.8) is 0 Å². The van der Waals surface area contributed by atoms with Gasteiger partial charge in [-0.2, -0.15) is 0 Å². The van der Waals surface area contributed by atoms with Crippen molar-refractivity contribution in [2.24, 2.45) is 0 Å². The molecule has 0 radical (unpaired) electrons. The lowest BCUT2D eigenvalue weighted by Crippen LogP contribution is -2.28. The van der Waals surface area contributed by atoms with Crippen molar-refractivity contribution in [2.45, 2.75) is 27.7 Å². The second-order valence-electron chi connectivity index (χ2n) is 7.81. The Morgan fingerprint density at radius 1 is 0.750 bits per heavy atom. The summed E-state index contributed by atoms with van der Waals surface area (Å²) < 4.78 is 17.8. The van der Waals surface area contributed by atoms with Crippen LogP contribution in [-0.4, -0.2) is 75.2 Å². The normalized spacial score (nSPS) is 12.3. The summed E-state index contributed by atoms with van der Waals surface area (Å²) >= 11 is 0. The molecule has 1 aliphatic rings. The van der Waals surface area contributed by atoms with Gasteiger partial charge >= 0.3 is 0 Å². The van der Waals surface area contributed by atoms with E-state index in [4.69, 9.17) is 14.2 Å². The Labute approximate surface area is 192 Å². The molecule has 32 heavy (non-hydrogen) atoms. The summed E-state index contributed by atoms with van der Waals surface area (Å²) in [5, 5.41) is 0. The van der Waals surface area contributed by atoms with Crippen LogP contribution >= 0.6 is 0 Å². The van der Waals surface area contributed by atoms with Crippen molar-refractivity contribution in [2.75, 3.05) is 59.6 Å². The number of hydrogen-bond acceptors (Lipinski definition) is 6. The van der Waals surface area contributed by atoms with E-state index in [0.717, 1.165) is 56.1 Å². The molecule has 2 aromatic carbocycles. The molecule has 0 amide bonds. The Hall–Kier alpha value is -2.57. The van der Waals surface area contributed by atoms with Gasteiger partial charge in [-0.1, -0.05) is 39.8 Å². The number of ether oxygens (including phenoxy) is 3. The Bertz CT molecular complexity index is 920. The molecule has 0 bridgehead atoms. The van der Waals surface area contributed by atoms with E-state index in [1.807, 2.05) is 30.3 Å². The average Bonchev–Trinajstić information content (AvgIpc) is 3.12. The number of fused-ring (bicyclic) bond motifs is 3. The Kier molecular flexibility index (Phi) is 8.53. The fraction of sp³-hybridized carbons (Fsp3) is 0.500. The van der Waals surface area contributed by atoms with Gasteiger partial charge < -0.3 is 24.0 Å². The molecule has 3 rings (SSSR count). The van der Waals surface area contributed by atoms with E-state index in [2.05, 4.69) is 37.5 Å². The van der Waals surface area contributed by atoms with Crippen LogP contribution in [0, 0.1) is 0 Å². The first-order valence-electron chi connectivity index (χ1n) is 11.7. The van der Waals surface area contributed by atoms with Crippen molar-refractivity contribution in [1.29, 1.82) is 0 Å². The van der Waals surface area contributed by atoms with Crippen LogP contribution in [0.2, 0.25) is 0 Å². The van der Waals surface area contributed by atoms with Gasteiger partial charge in [0.1, 0.15) is 30.5 Å². The lowest BCUT2D eigenvalue weighted by Gasteiger charge is -2.19. The third-order valence-electron chi connectivity index (χ3n) is 6.19. The molecule has 0 aliphatic heterocycles. The smallest absolute Gasteiger partial charge is 0.194 e. The van der Waals surface area contributed by atoms with Gasteiger partial charge in [0.2, 0.25) is 0 Å². The van der Waals surface area contributed by atoms with Crippen LogP contribution in [0.15, 0.2) is 30.3 Å². The molecule has 0 spiro atoms. The largest absolute Gasteiger partial charge is 0.496 e. The van der Waals surface area contributed by atoms with Crippen LogP contribution < -0.4 is 14.2 Å². The number of hydrogen-bond donors (Lipinski definition) is 0. The summed E-state index contributed by atoms with van der Waals surface area (Å²) in [4.78, 5) is 17.8. The lowest BCUT2D eigenvalue weighted by atomic mass is 10.0. The maximum absolute atomic E-state index is 13.2. The van der Waals surface area contributed by atoms with E-state index in [0.29, 0.717) is 35.8 Å². The van der Waals surface area contributed by atoms with Gasteiger partial charge in [0.05, 0.1) is 7.11 Å². The van der Waals surface area contributed by atoms with Gasteiger partial charge in [0.15, 0.2) is 5.78 Å². The van der Waals surface area contributed by atoms with Gasteiger partial charge in [0.25, 0.3) is 0 Å². The summed E-state index contributed by atoms with van der Waals surface area (Å²) in [6, 6.07) is 9.37. The van der Waals surface area contributed by atoms with Crippen LogP contribution in [0.3, 0.4) is 0 Å². The summed E-state index contributed by atoms with van der Waals surface area (Å²) in [6.07, 6.45) is 0. The highest BCUT2D eigenvalue weighted by molar-refractivity contribution is 6.23. The molecular weight excluding hydrogens is 404 g/mol. The Morgan fingerprint density at radius 2 is 1.34 bits per heavy atom. The van der Waals surface area contributed by atoms with Crippen molar-refractivity contribution in [1.82, 2.24) is 9.80 Å². The van der Waals surface area contributed by atoms with E-state index < -0.39 is 0 Å². The molecule has 0 aromatic heterocycles. The topological polar surface area (TPSA) is 51.2 Å². The number of likely N-dealkylation sites (N-methyl/N-ethyl adjacent to an activating group) is 2. The third kappa shape index (κ3) is 5.08. The van der Waals surface area contributed by atoms with Crippen LogP contribution in [-0.2, 0) is 0 Å². The number of nitrogens with zero attached hydrogens (tertiary/aromatic N) is 2. The molecule has 0 unspecified atom stereocenters. The number of carbonyl (C=O) groups is 1. The molecule has 174 valence electrons. The van der Waals surface area contributed by atoms with E-state index in [9.17, 15) is 4.79 Å². The highest BCUT2D eigenvalue weighted by Crippen LogP contribution is 2.48. The quantitative estimate of drug-likeness (QED) is 0.394. The molecule has 0 saturated heterocycles.